The van der Waals surface area contributed by atoms with Crippen LogP contribution < -0.4 is 0 Å². The maximum atomic E-state index is 13.9. The first-order chi connectivity index (χ1) is 14.0. The molecule has 1 saturated heterocycles. The minimum absolute atomic E-state index is 0.0396. The van der Waals surface area contributed by atoms with E-state index in [2.05, 4.69) is 5.10 Å². The van der Waals surface area contributed by atoms with E-state index in [-0.39, 0.29) is 23.3 Å². The number of carbonyl (C=O) groups excluding carboxylic acids is 1. The standard InChI is InChI=1S/C21H20FN3O4/c1-13-16(21(27)28)12-23-25(13)14-8-10-24(11-9-14)20(26)19-7-6-18(29-19)15-4-2-3-5-17(15)22/h2-7,12,14H,8-11H2,1H3,(H,27,28). The minimum Gasteiger partial charge on any atom is -0.478 e. The maximum Gasteiger partial charge on any atom is 0.339 e. The molecule has 0 aliphatic carbocycles. The fourth-order valence-corrected chi connectivity index (χ4v) is 3.73. The van der Waals surface area contributed by atoms with Gasteiger partial charge in [-0.25, -0.2) is 9.18 Å². The van der Waals surface area contributed by atoms with Gasteiger partial charge in [0.05, 0.1) is 23.5 Å². The van der Waals surface area contributed by atoms with E-state index < -0.39 is 11.8 Å². The van der Waals surface area contributed by atoms with E-state index in [1.807, 2.05) is 0 Å². The third-order valence-electron chi connectivity index (χ3n) is 5.33. The van der Waals surface area contributed by atoms with E-state index in [9.17, 15) is 19.1 Å². The highest BCUT2D eigenvalue weighted by atomic mass is 19.1. The number of hydrogen-bond acceptors (Lipinski definition) is 4. The number of benzene rings is 1. The number of amides is 1. The molecular formula is C21H20FN3O4. The lowest BCUT2D eigenvalue weighted by atomic mass is 10.0. The number of piperidine rings is 1. The molecule has 0 unspecified atom stereocenters. The van der Waals surface area contributed by atoms with E-state index in [0.29, 0.717) is 42.9 Å². The van der Waals surface area contributed by atoms with Gasteiger partial charge in [-0.1, -0.05) is 12.1 Å². The molecule has 1 aliphatic rings. The van der Waals surface area contributed by atoms with Gasteiger partial charge in [0.25, 0.3) is 5.91 Å². The van der Waals surface area contributed by atoms with E-state index in [1.54, 1.807) is 46.8 Å². The quantitative estimate of drug-likeness (QED) is 0.724. The summed E-state index contributed by atoms with van der Waals surface area (Å²) in [5.41, 5.74) is 1.12. The van der Waals surface area contributed by atoms with Crippen molar-refractivity contribution in [3.05, 3.63) is 65.4 Å². The van der Waals surface area contributed by atoms with Crippen LogP contribution in [0.15, 0.2) is 47.0 Å². The monoisotopic (exact) mass is 397 g/mol. The van der Waals surface area contributed by atoms with Crippen LogP contribution >= 0.6 is 0 Å². The van der Waals surface area contributed by atoms with Crippen LogP contribution in [-0.4, -0.2) is 44.8 Å². The van der Waals surface area contributed by atoms with Crippen LogP contribution in [-0.2, 0) is 0 Å². The normalized spacial score (nSPS) is 14.9. The summed E-state index contributed by atoms with van der Waals surface area (Å²) in [5, 5.41) is 13.4. The molecule has 1 fully saturated rings. The molecule has 3 aromatic rings. The zero-order valence-electron chi connectivity index (χ0n) is 15.8. The average molecular weight is 397 g/mol. The molecule has 0 radical (unpaired) electrons. The molecular weight excluding hydrogens is 377 g/mol. The first-order valence-corrected chi connectivity index (χ1v) is 9.37. The van der Waals surface area contributed by atoms with Crippen LogP contribution in [0.1, 0.15) is 45.5 Å². The zero-order chi connectivity index (χ0) is 20.5. The Morgan fingerprint density at radius 1 is 1.17 bits per heavy atom. The number of hydrogen-bond donors (Lipinski definition) is 1. The molecule has 1 aliphatic heterocycles. The Morgan fingerprint density at radius 3 is 2.55 bits per heavy atom. The van der Waals surface area contributed by atoms with Gasteiger partial charge in [0.15, 0.2) is 5.76 Å². The molecule has 4 rings (SSSR count). The minimum atomic E-state index is -0.996. The number of likely N-dealkylation sites (tertiary alicyclic amines) is 1. The van der Waals surface area contributed by atoms with Gasteiger partial charge < -0.3 is 14.4 Å². The molecule has 29 heavy (non-hydrogen) atoms. The van der Waals surface area contributed by atoms with Crippen LogP contribution in [0.4, 0.5) is 4.39 Å². The third-order valence-corrected chi connectivity index (χ3v) is 5.33. The molecule has 7 nitrogen and oxygen atoms in total. The summed E-state index contributed by atoms with van der Waals surface area (Å²) in [6, 6.07) is 9.45. The summed E-state index contributed by atoms with van der Waals surface area (Å²) in [5.74, 6) is -1.16. The number of carbonyl (C=O) groups is 2. The van der Waals surface area contributed by atoms with Gasteiger partial charge in [-0.05, 0) is 44.0 Å². The van der Waals surface area contributed by atoms with Gasteiger partial charge in [0, 0.05) is 13.1 Å². The lowest BCUT2D eigenvalue weighted by Gasteiger charge is -2.32. The van der Waals surface area contributed by atoms with Crippen molar-refractivity contribution in [2.75, 3.05) is 13.1 Å². The first kappa shape index (κ1) is 18.9. The SMILES string of the molecule is Cc1c(C(=O)O)cnn1C1CCN(C(=O)c2ccc(-c3ccccc3F)o2)CC1. The summed E-state index contributed by atoms with van der Waals surface area (Å²) >= 11 is 0. The van der Waals surface area contributed by atoms with E-state index >= 15 is 0 Å². The summed E-state index contributed by atoms with van der Waals surface area (Å²) in [7, 11) is 0. The molecule has 1 aromatic carbocycles. The summed E-state index contributed by atoms with van der Waals surface area (Å²) in [4.78, 5) is 25.7. The number of aromatic nitrogens is 2. The molecule has 1 amide bonds. The van der Waals surface area contributed by atoms with Gasteiger partial charge in [-0.3, -0.25) is 9.48 Å². The number of furan rings is 1. The van der Waals surface area contributed by atoms with Gasteiger partial charge in [-0.15, -0.1) is 0 Å². The van der Waals surface area contributed by atoms with Crippen molar-refractivity contribution in [3.63, 3.8) is 0 Å². The third kappa shape index (κ3) is 3.53. The van der Waals surface area contributed by atoms with Gasteiger partial charge in [0.2, 0.25) is 0 Å². The number of carboxylic acids is 1. The Bertz CT molecular complexity index is 1060. The number of aromatic carboxylic acids is 1. The Morgan fingerprint density at radius 2 is 1.90 bits per heavy atom. The zero-order valence-corrected chi connectivity index (χ0v) is 15.8. The summed E-state index contributed by atoms with van der Waals surface area (Å²) in [6.45, 7) is 2.74. The van der Waals surface area contributed by atoms with E-state index in [0.717, 1.165) is 0 Å². The van der Waals surface area contributed by atoms with Crippen molar-refractivity contribution in [3.8, 4) is 11.3 Å². The fraction of sp³-hybridized carbons (Fsp3) is 0.286. The molecule has 3 heterocycles. The average Bonchev–Trinajstić information content (AvgIpc) is 3.35. The van der Waals surface area contributed by atoms with Gasteiger partial charge in [-0.2, -0.15) is 5.10 Å². The maximum absolute atomic E-state index is 13.9. The topological polar surface area (TPSA) is 88.6 Å². The molecule has 8 heteroatoms. The predicted molar refractivity (Wildman–Crippen MR) is 102 cm³/mol. The van der Waals surface area contributed by atoms with Crippen molar-refractivity contribution in [2.24, 2.45) is 0 Å². The number of carboxylic acid groups (broad SMARTS) is 1. The highest BCUT2D eigenvalue weighted by molar-refractivity contribution is 5.92. The van der Waals surface area contributed by atoms with Crippen LogP contribution in [0.3, 0.4) is 0 Å². The highest BCUT2D eigenvalue weighted by Crippen LogP contribution is 2.28. The molecule has 0 spiro atoms. The summed E-state index contributed by atoms with van der Waals surface area (Å²) < 4.78 is 21.3. The second-order valence-corrected chi connectivity index (χ2v) is 7.06. The number of rotatable bonds is 4. The van der Waals surface area contributed by atoms with Crippen molar-refractivity contribution in [2.45, 2.75) is 25.8 Å². The molecule has 2 aromatic heterocycles. The Kier molecular flexibility index (Phi) is 4.92. The summed E-state index contributed by atoms with van der Waals surface area (Å²) in [6.07, 6.45) is 2.69. The molecule has 0 atom stereocenters. The number of halogens is 1. The van der Waals surface area contributed by atoms with Gasteiger partial charge in [0.1, 0.15) is 17.1 Å². The smallest absolute Gasteiger partial charge is 0.339 e. The second kappa shape index (κ2) is 7.54. The Hall–Kier alpha value is -3.42. The lowest BCUT2D eigenvalue weighted by molar-refractivity contribution is 0.0658. The Balaban J connectivity index is 1.43. The van der Waals surface area contributed by atoms with Crippen LogP contribution in [0.25, 0.3) is 11.3 Å². The van der Waals surface area contributed by atoms with Crippen LogP contribution in [0, 0.1) is 12.7 Å². The van der Waals surface area contributed by atoms with E-state index in [1.165, 1.54) is 12.3 Å². The molecule has 1 N–H and O–H groups in total. The number of nitrogens with zero attached hydrogens (tertiary/aromatic N) is 3. The van der Waals surface area contributed by atoms with Crippen molar-refractivity contribution < 1.29 is 23.5 Å². The molecule has 0 bridgehead atoms. The lowest BCUT2D eigenvalue weighted by Crippen LogP contribution is -2.39. The van der Waals surface area contributed by atoms with Crippen LogP contribution in [0.5, 0.6) is 0 Å². The van der Waals surface area contributed by atoms with Crippen molar-refractivity contribution in [1.29, 1.82) is 0 Å². The highest BCUT2D eigenvalue weighted by Gasteiger charge is 2.28. The Labute approximate surface area is 166 Å². The molecule has 150 valence electrons. The second-order valence-electron chi connectivity index (χ2n) is 7.06. The predicted octanol–water partition coefficient (Wildman–Crippen LogP) is 3.77. The van der Waals surface area contributed by atoms with Crippen molar-refractivity contribution in [1.82, 2.24) is 14.7 Å². The van der Waals surface area contributed by atoms with Gasteiger partial charge >= 0.3 is 5.97 Å². The van der Waals surface area contributed by atoms with Crippen LogP contribution in [0.2, 0.25) is 0 Å². The largest absolute Gasteiger partial charge is 0.478 e. The first-order valence-electron chi connectivity index (χ1n) is 9.37. The fourth-order valence-electron chi connectivity index (χ4n) is 3.73. The van der Waals surface area contributed by atoms with Crippen molar-refractivity contribution >= 4 is 11.9 Å². The van der Waals surface area contributed by atoms with E-state index in [4.69, 9.17) is 4.42 Å². The molecule has 0 saturated carbocycles.